The molecular weight excluding hydrogens is 727 g/mol. The minimum absolute atomic E-state index is 0.0795. The number of rotatable bonds is 12. The monoisotopic (exact) mass is 785 g/mol. The summed E-state index contributed by atoms with van der Waals surface area (Å²) in [5.74, 6) is 0.432. The molecule has 306 valence electrons. The molecule has 8 heteroatoms. The second-order valence-electron chi connectivity index (χ2n) is 18.3. The molecule has 0 aromatic heterocycles. The lowest BCUT2D eigenvalue weighted by Crippen LogP contribution is -2.69. The number of hydrogen-bond acceptors (Lipinski definition) is 8. The van der Waals surface area contributed by atoms with Crippen molar-refractivity contribution in [3.63, 3.8) is 0 Å². The Morgan fingerprint density at radius 1 is 0.776 bits per heavy atom. The van der Waals surface area contributed by atoms with Gasteiger partial charge in [0.25, 0.3) is 0 Å². The van der Waals surface area contributed by atoms with Gasteiger partial charge in [-0.25, -0.2) is 0 Å². The van der Waals surface area contributed by atoms with Gasteiger partial charge in [0.1, 0.15) is 5.75 Å². The number of unbranched alkanes of at least 4 members (excludes halogenated alkanes) is 2. The second-order valence-corrected chi connectivity index (χ2v) is 18.3. The van der Waals surface area contributed by atoms with Gasteiger partial charge in [0.15, 0.2) is 23.0 Å². The molecular formula is C50H59NO7. The first-order valence-electron chi connectivity index (χ1n) is 21.8. The standard InChI is InChI=1S/C50H59NO7/c1-2-3-4-6-33-23-30(11-17-40-38(16-10-31-12-18-42(53)44(55)24-31)39-7-5-8-43(54)46(39)48(57)47(40)56)9-13-35(33)29-51-36-26-45-34-15-14-32-19-21-49(22-20-37(52)28-49)50(27-36,58-45)41(32)25-34/h5,7-10,12-16,18,23-24,32,34,36-37,41,45,51-57H,2-4,6,11,17,19-22,25-29H2,1H3/b16-10+/t32-,34+,36+,37-,41+,45-,49+,50+/m0/s1. The molecule has 3 aliphatic carbocycles. The van der Waals surface area contributed by atoms with Crippen LogP contribution in [-0.2, 0) is 30.5 Å². The zero-order valence-corrected chi connectivity index (χ0v) is 33.7. The van der Waals surface area contributed by atoms with Gasteiger partial charge >= 0.3 is 0 Å². The molecule has 4 aromatic carbocycles. The summed E-state index contributed by atoms with van der Waals surface area (Å²) in [6, 6.07) is 16.7. The molecule has 8 nitrogen and oxygen atoms in total. The average Bonchev–Trinajstić information content (AvgIpc) is 3.61. The van der Waals surface area contributed by atoms with E-state index in [2.05, 4.69) is 42.6 Å². The molecule has 9 rings (SSSR count). The van der Waals surface area contributed by atoms with E-state index in [4.69, 9.17) is 4.74 Å². The number of ether oxygens (including phenoxy) is 1. The highest BCUT2D eigenvalue weighted by atomic mass is 16.5. The Labute approximate surface area is 341 Å². The smallest absolute Gasteiger partial charge is 0.169 e. The van der Waals surface area contributed by atoms with Crippen LogP contribution >= 0.6 is 0 Å². The molecule has 2 aliphatic heterocycles. The Balaban J connectivity index is 0.973. The number of aromatic hydroxyl groups is 5. The van der Waals surface area contributed by atoms with Gasteiger partial charge in [-0.2, -0.15) is 0 Å². The van der Waals surface area contributed by atoms with E-state index in [0.29, 0.717) is 58.7 Å². The minimum atomic E-state index is -0.348. The summed E-state index contributed by atoms with van der Waals surface area (Å²) in [7, 11) is 0. The van der Waals surface area contributed by atoms with E-state index in [-0.39, 0.29) is 57.4 Å². The zero-order chi connectivity index (χ0) is 40.2. The van der Waals surface area contributed by atoms with Crippen LogP contribution in [0.3, 0.4) is 0 Å². The summed E-state index contributed by atoms with van der Waals surface area (Å²) in [4.78, 5) is 0. The van der Waals surface area contributed by atoms with E-state index < -0.39 is 0 Å². The molecule has 4 aromatic rings. The third kappa shape index (κ3) is 6.85. The largest absolute Gasteiger partial charge is 0.507 e. The quantitative estimate of drug-likeness (QED) is 0.0326. The molecule has 2 saturated carbocycles. The summed E-state index contributed by atoms with van der Waals surface area (Å²) in [6.45, 7) is 3.03. The number of aliphatic hydroxyl groups excluding tert-OH is 1. The van der Waals surface area contributed by atoms with Crippen LogP contribution in [0.2, 0.25) is 0 Å². The maximum absolute atomic E-state index is 11.4. The highest BCUT2D eigenvalue weighted by Crippen LogP contribution is 2.67. The van der Waals surface area contributed by atoms with Crippen LogP contribution in [0.15, 0.2) is 66.7 Å². The number of aliphatic hydroxyl groups is 1. The Kier molecular flexibility index (Phi) is 10.5. The van der Waals surface area contributed by atoms with Crippen molar-refractivity contribution in [3.05, 3.63) is 100 Å². The van der Waals surface area contributed by atoms with Crippen molar-refractivity contribution < 1.29 is 35.4 Å². The van der Waals surface area contributed by atoms with Crippen molar-refractivity contribution in [1.29, 1.82) is 0 Å². The van der Waals surface area contributed by atoms with Crippen LogP contribution in [0, 0.1) is 23.2 Å². The van der Waals surface area contributed by atoms with Gasteiger partial charge in [-0.05, 0) is 140 Å². The van der Waals surface area contributed by atoms with Crippen molar-refractivity contribution in [2.75, 3.05) is 0 Å². The van der Waals surface area contributed by atoms with E-state index in [1.54, 1.807) is 18.2 Å². The highest BCUT2D eigenvalue weighted by Gasteiger charge is 2.67. The van der Waals surface area contributed by atoms with Crippen molar-refractivity contribution in [3.8, 4) is 28.7 Å². The van der Waals surface area contributed by atoms with Gasteiger partial charge in [-0.3, -0.25) is 0 Å². The van der Waals surface area contributed by atoms with E-state index in [1.807, 2.05) is 12.1 Å². The normalized spacial score (nSPS) is 29.8. The van der Waals surface area contributed by atoms with Crippen LogP contribution in [0.4, 0.5) is 0 Å². The zero-order valence-electron chi connectivity index (χ0n) is 33.7. The Hall–Kier alpha value is -4.50. The second kappa shape index (κ2) is 15.6. The summed E-state index contributed by atoms with van der Waals surface area (Å²) in [6.07, 6.45) is 22.6. The molecule has 0 radical (unpaired) electrons. The van der Waals surface area contributed by atoms with Crippen molar-refractivity contribution >= 4 is 22.9 Å². The SMILES string of the molecule is CCCCCc1cc(CCc2c(O)c(O)c3c(O)cccc3c2/C=C/c2ccc(O)c(O)c2)ccc1CN[C@@H]1C[C@@H]2O[C@]3(C1)[C@@H]1C[C@H]2C=C[C@H]1CC[C@]31CC[C@H](O)C1. The molecule has 4 bridgehead atoms. The first kappa shape index (κ1) is 39.0. The van der Waals surface area contributed by atoms with Gasteiger partial charge in [0.2, 0.25) is 0 Å². The van der Waals surface area contributed by atoms with Gasteiger partial charge in [0, 0.05) is 29.5 Å². The van der Waals surface area contributed by atoms with Crippen LogP contribution in [-0.4, -0.2) is 54.5 Å². The lowest BCUT2D eigenvalue weighted by atomic mass is 9.47. The Morgan fingerprint density at radius 3 is 2.43 bits per heavy atom. The fourth-order valence-electron chi connectivity index (χ4n) is 12.1. The predicted octanol–water partition coefficient (Wildman–Crippen LogP) is 9.58. The molecule has 0 unspecified atom stereocenters. The molecule has 2 heterocycles. The Bertz CT molecular complexity index is 2250. The van der Waals surface area contributed by atoms with Gasteiger partial charge in [0.05, 0.1) is 23.2 Å². The summed E-state index contributed by atoms with van der Waals surface area (Å²) < 4.78 is 7.31. The molecule has 7 N–H and O–H groups in total. The van der Waals surface area contributed by atoms with E-state index in [0.717, 1.165) is 76.3 Å². The number of nitrogens with one attached hydrogen (secondary N) is 1. The van der Waals surface area contributed by atoms with Crippen molar-refractivity contribution in [2.45, 2.75) is 127 Å². The minimum Gasteiger partial charge on any atom is -0.507 e. The molecule has 2 spiro atoms. The van der Waals surface area contributed by atoms with Crippen LogP contribution in [0.25, 0.3) is 22.9 Å². The fraction of sp³-hybridized carbons (Fsp3) is 0.480. The molecule has 4 fully saturated rings. The molecule has 2 saturated heterocycles. The lowest BCUT2D eigenvalue weighted by Gasteiger charge is -2.67. The van der Waals surface area contributed by atoms with Gasteiger partial charge in [-0.15, -0.1) is 0 Å². The van der Waals surface area contributed by atoms with Crippen molar-refractivity contribution in [2.24, 2.45) is 23.2 Å². The molecule has 58 heavy (non-hydrogen) atoms. The van der Waals surface area contributed by atoms with Crippen LogP contribution < -0.4 is 5.32 Å². The maximum atomic E-state index is 11.4. The number of aryl methyl sites for hydroxylation is 2. The van der Waals surface area contributed by atoms with E-state index >= 15 is 0 Å². The predicted molar refractivity (Wildman–Crippen MR) is 228 cm³/mol. The number of benzene rings is 4. The number of phenols is 5. The maximum Gasteiger partial charge on any atom is 0.169 e. The highest BCUT2D eigenvalue weighted by molar-refractivity contribution is 6.03. The summed E-state index contributed by atoms with van der Waals surface area (Å²) in [5.41, 5.74) is 5.61. The molecule has 0 amide bonds. The van der Waals surface area contributed by atoms with Gasteiger partial charge < -0.3 is 40.7 Å². The van der Waals surface area contributed by atoms with Crippen LogP contribution in [0.1, 0.15) is 111 Å². The van der Waals surface area contributed by atoms with Crippen LogP contribution in [0.5, 0.6) is 28.7 Å². The topological polar surface area (TPSA) is 143 Å². The number of hydrogen-bond donors (Lipinski definition) is 7. The van der Waals surface area contributed by atoms with E-state index in [9.17, 15) is 30.6 Å². The molecule has 8 atom stereocenters. The first-order chi connectivity index (χ1) is 28.1. The number of phenolic OH excluding ortho intramolecular Hbond substituents is 5. The fourth-order valence-corrected chi connectivity index (χ4v) is 12.1. The third-order valence-corrected chi connectivity index (χ3v) is 15.0. The van der Waals surface area contributed by atoms with Gasteiger partial charge in [-0.1, -0.05) is 80.5 Å². The summed E-state index contributed by atoms with van der Waals surface area (Å²) in [5, 5.41) is 68.9. The lowest BCUT2D eigenvalue weighted by molar-refractivity contribution is -0.291. The first-order valence-corrected chi connectivity index (χ1v) is 21.8. The van der Waals surface area contributed by atoms with E-state index in [1.165, 1.54) is 42.2 Å². The average molecular weight is 786 g/mol. The molecule has 5 aliphatic rings. The summed E-state index contributed by atoms with van der Waals surface area (Å²) >= 11 is 0. The third-order valence-electron chi connectivity index (χ3n) is 15.0. The van der Waals surface area contributed by atoms with Crippen molar-refractivity contribution in [1.82, 2.24) is 5.32 Å². The Morgan fingerprint density at radius 2 is 1.62 bits per heavy atom. The number of fused-ring (bicyclic) bond motifs is 4. The number of allylic oxidation sites excluding steroid dienone is 1.